The van der Waals surface area contributed by atoms with Gasteiger partial charge in [0.25, 0.3) is 0 Å². The SMILES string of the molecule is C=CC(=O)OC1C2CC3C1N(C)S(=O)(=O)C3C2. The molecule has 5 atom stereocenters. The average Bonchev–Trinajstić information content (AvgIpc) is 2.88. The number of carbonyl (C=O) groups is 1. The summed E-state index contributed by atoms with van der Waals surface area (Å²) in [6.45, 7) is 3.37. The number of ether oxygens (including phenoxy) is 1. The Balaban J connectivity index is 1.93. The zero-order valence-electron chi connectivity index (χ0n) is 9.57. The Labute approximate surface area is 100 Å². The Kier molecular flexibility index (Phi) is 2.19. The van der Waals surface area contributed by atoms with Gasteiger partial charge in [0.1, 0.15) is 6.10 Å². The first-order valence-corrected chi connectivity index (χ1v) is 7.27. The van der Waals surface area contributed by atoms with Gasteiger partial charge in [-0.15, -0.1) is 0 Å². The van der Waals surface area contributed by atoms with Crippen molar-refractivity contribution in [3.63, 3.8) is 0 Å². The molecule has 0 aromatic heterocycles. The number of hydrogen-bond acceptors (Lipinski definition) is 4. The topological polar surface area (TPSA) is 63.7 Å². The highest BCUT2D eigenvalue weighted by Crippen LogP contribution is 2.56. The van der Waals surface area contributed by atoms with Crippen LogP contribution in [-0.2, 0) is 19.6 Å². The number of rotatable bonds is 2. The molecule has 94 valence electrons. The Hall–Kier alpha value is -0.880. The zero-order chi connectivity index (χ0) is 12.4. The van der Waals surface area contributed by atoms with E-state index in [4.69, 9.17) is 4.74 Å². The largest absolute Gasteiger partial charge is 0.457 e. The maximum atomic E-state index is 12.1. The predicted octanol–water partition coefficient (Wildman–Crippen LogP) is 0.136. The van der Waals surface area contributed by atoms with Crippen LogP contribution < -0.4 is 0 Å². The molecule has 5 nitrogen and oxygen atoms in total. The van der Waals surface area contributed by atoms with Crippen LogP contribution in [0.1, 0.15) is 12.8 Å². The van der Waals surface area contributed by atoms with Crippen LogP contribution in [0.25, 0.3) is 0 Å². The summed E-state index contributed by atoms with van der Waals surface area (Å²) in [6.07, 6.45) is 2.33. The van der Waals surface area contributed by atoms with Gasteiger partial charge < -0.3 is 4.74 Å². The molecule has 0 radical (unpaired) electrons. The summed E-state index contributed by atoms with van der Waals surface area (Å²) in [6, 6.07) is -0.160. The first-order valence-electron chi connectivity index (χ1n) is 5.76. The number of carbonyl (C=O) groups excluding carboxylic acids is 1. The van der Waals surface area contributed by atoms with Crippen molar-refractivity contribution in [1.29, 1.82) is 0 Å². The second-order valence-corrected chi connectivity index (χ2v) is 7.30. The Morgan fingerprint density at radius 2 is 2.18 bits per heavy atom. The van der Waals surface area contributed by atoms with E-state index < -0.39 is 16.0 Å². The lowest BCUT2D eigenvalue weighted by molar-refractivity contribution is -0.147. The maximum absolute atomic E-state index is 12.1. The van der Waals surface area contributed by atoms with Crippen LogP contribution in [0.2, 0.25) is 0 Å². The highest BCUT2D eigenvalue weighted by atomic mass is 32.2. The molecule has 5 unspecified atom stereocenters. The molecule has 17 heavy (non-hydrogen) atoms. The average molecular weight is 257 g/mol. The minimum Gasteiger partial charge on any atom is -0.457 e. The second-order valence-electron chi connectivity index (χ2n) is 5.09. The van der Waals surface area contributed by atoms with E-state index >= 15 is 0 Å². The quantitative estimate of drug-likeness (QED) is 0.521. The first-order chi connectivity index (χ1) is 7.96. The lowest BCUT2D eigenvalue weighted by atomic mass is 9.92. The predicted molar refractivity (Wildman–Crippen MR) is 60.5 cm³/mol. The van der Waals surface area contributed by atoms with Gasteiger partial charge >= 0.3 is 5.97 Å². The second kappa shape index (κ2) is 3.32. The molecule has 0 aromatic rings. The molecule has 2 saturated carbocycles. The molecule has 2 aliphatic carbocycles. The molecular weight excluding hydrogens is 242 g/mol. The van der Waals surface area contributed by atoms with Crippen LogP contribution in [0.3, 0.4) is 0 Å². The molecule has 3 fully saturated rings. The normalized spacial score (nSPS) is 46.1. The van der Waals surface area contributed by atoms with Crippen LogP contribution in [0.4, 0.5) is 0 Å². The third-order valence-corrected chi connectivity index (χ3v) is 6.80. The van der Waals surface area contributed by atoms with Gasteiger partial charge in [0.2, 0.25) is 10.0 Å². The standard InChI is InChI=1S/C11H15NO4S/c1-3-9(13)16-11-6-4-7-8(5-6)17(14,15)12(2)10(7)11/h3,6-8,10-11H,1,4-5H2,2H3. The Morgan fingerprint density at radius 3 is 2.82 bits per heavy atom. The van der Waals surface area contributed by atoms with Crippen LogP contribution in [-0.4, -0.2) is 43.1 Å². The van der Waals surface area contributed by atoms with Gasteiger partial charge in [-0.05, 0) is 24.7 Å². The van der Waals surface area contributed by atoms with E-state index in [1.165, 1.54) is 4.31 Å². The molecule has 0 N–H and O–H groups in total. The summed E-state index contributed by atoms with van der Waals surface area (Å²) >= 11 is 0. The van der Waals surface area contributed by atoms with Crippen molar-refractivity contribution < 1.29 is 17.9 Å². The summed E-state index contributed by atoms with van der Waals surface area (Å²) in [7, 11) is -1.58. The fourth-order valence-electron chi connectivity index (χ4n) is 3.77. The van der Waals surface area contributed by atoms with Crippen molar-refractivity contribution >= 4 is 16.0 Å². The zero-order valence-corrected chi connectivity index (χ0v) is 10.4. The summed E-state index contributed by atoms with van der Waals surface area (Å²) < 4.78 is 30.9. The van der Waals surface area contributed by atoms with E-state index in [-0.39, 0.29) is 29.2 Å². The third kappa shape index (κ3) is 1.28. The number of sulfonamides is 1. The van der Waals surface area contributed by atoms with Crippen molar-refractivity contribution in [2.24, 2.45) is 11.8 Å². The van der Waals surface area contributed by atoms with Gasteiger partial charge in [0.05, 0.1) is 11.3 Å². The van der Waals surface area contributed by atoms with E-state index in [1.807, 2.05) is 0 Å². The molecule has 0 aromatic carbocycles. The maximum Gasteiger partial charge on any atom is 0.330 e. The highest BCUT2D eigenvalue weighted by molar-refractivity contribution is 7.90. The van der Waals surface area contributed by atoms with E-state index in [2.05, 4.69) is 6.58 Å². The van der Waals surface area contributed by atoms with Gasteiger partial charge in [-0.1, -0.05) is 6.58 Å². The van der Waals surface area contributed by atoms with E-state index in [1.54, 1.807) is 7.05 Å². The van der Waals surface area contributed by atoms with Gasteiger partial charge in [-0.3, -0.25) is 0 Å². The molecule has 3 aliphatic rings. The molecule has 1 saturated heterocycles. The molecule has 0 amide bonds. The van der Waals surface area contributed by atoms with Crippen LogP contribution in [0, 0.1) is 11.8 Å². The molecule has 2 bridgehead atoms. The number of hydrogen-bond donors (Lipinski definition) is 0. The van der Waals surface area contributed by atoms with E-state index in [9.17, 15) is 13.2 Å². The molecular formula is C11H15NO4S. The van der Waals surface area contributed by atoms with Crippen molar-refractivity contribution in [3.8, 4) is 0 Å². The summed E-state index contributed by atoms with van der Waals surface area (Å²) in [5, 5.41) is -0.249. The first kappa shape index (κ1) is 11.2. The summed E-state index contributed by atoms with van der Waals surface area (Å²) in [5.74, 6) is -0.131. The smallest absolute Gasteiger partial charge is 0.330 e. The van der Waals surface area contributed by atoms with Crippen LogP contribution >= 0.6 is 0 Å². The molecule has 1 heterocycles. The minimum absolute atomic E-state index is 0.137. The Morgan fingerprint density at radius 1 is 1.47 bits per heavy atom. The third-order valence-electron chi connectivity index (χ3n) is 4.45. The lowest BCUT2D eigenvalue weighted by Crippen LogP contribution is -2.42. The van der Waals surface area contributed by atoms with Crippen LogP contribution in [0.15, 0.2) is 12.7 Å². The van der Waals surface area contributed by atoms with E-state index in [0.717, 1.165) is 12.5 Å². The molecule has 6 heteroatoms. The van der Waals surface area contributed by atoms with Gasteiger partial charge in [-0.2, -0.15) is 4.31 Å². The van der Waals surface area contributed by atoms with Gasteiger partial charge in [0.15, 0.2) is 0 Å². The van der Waals surface area contributed by atoms with Gasteiger partial charge in [0, 0.05) is 13.1 Å². The fourth-order valence-corrected chi connectivity index (χ4v) is 6.02. The van der Waals surface area contributed by atoms with E-state index in [0.29, 0.717) is 6.42 Å². The monoisotopic (exact) mass is 257 g/mol. The van der Waals surface area contributed by atoms with Crippen molar-refractivity contribution in [1.82, 2.24) is 4.31 Å². The Bertz CT molecular complexity index is 486. The van der Waals surface area contributed by atoms with Crippen LogP contribution in [0.5, 0.6) is 0 Å². The van der Waals surface area contributed by atoms with Gasteiger partial charge in [-0.25, -0.2) is 13.2 Å². The number of fused-ring (bicyclic) bond motifs is 1. The molecule has 0 spiro atoms. The highest BCUT2D eigenvalue weighted by Gasteiger charge is 2.66. The van der Waals surface area contributed by atoms with Crippen molar-refractivity contribution in [3.05, 3.63) is 12.7 Å². The molecule has 3 rings (SSSR count). The summed E-state index contributed by atoms with van der Waals surface area (Å²) in [4.78, 5) is 11.3. The number of esters is 1. The fraction of sp³-hybridized carbons (Fsp3) is 0.727. The minimum atomic E-state index is -3.17. The van der Waals surface area contributed by atoms with Crippen molar-refractivity contribution in [2.45, 2.75) is 30.2 Å². The molecule has 1 aliphatic heterocycles. The van der Waals surface area contributed by atoms with Crippen molar-refractivity contribution in [2.75, 3.05) is 7.05 Å². The number of nitrogens with zero attached hydrogens (tertiary/aromatic N) is 1. The summed E-state index contributed by atoms with van der Waals surface area (Å²) in [5.41, 5.74) is 0. The lowest BCUT2D eigenvalue weighted by Gasteiger charge is -2.27. The number of likely N-dealkylation sites (N-methyl/N-ethyl adjacent to an activating group) is 1.